The van der Waals surface area contributed by atoms with Crippen LogP contribution in [0.25, 0.3) is 154 Å². The van der Waals surface area contributed by atoms with Crippen molar-refractivity contribution in [2.45, 2.75) is 216 Å². The Morgan fingerprint density at radius 2 is 0.597 bits per heavy atom. The highest BCUT2D eigenvalue weighted by Gasteiger charge is 2.36. The van der Waals surface area contributed by atoms with E-state index in [1.54, 1.807) is 55.8 Å². The first-order chi connectivity index (χ1) is 68.0. The summed E-state index contributed by atoms with van der Waals surface area (Å²) in [5.41, 5.74) is 27.9. The Morgan fingerprint density at radius 1 is 0.271 bits per heavy atom. The van der Waals surface area contributed by atoms with E-state index < -0.39 is 0 Å². The summed E-state index contributed by atoms with van der Waals surface area (Å²) in [6, 6.07) is 95.9. The van der Waals surface area contributed by atoms with E-state index in [0.29, 0.717) is 5.75 Å². The van der Waals surface area contributed by atoms with Crippen molar-refractivity contribution in [2.24, 2.45) is 10.8 Å². The van der Waals surface area contributed by atoms with Crippen molar-refractivity contribution in [1.82, 2.24) is 18.3 Å². The first-order valence-electron chi connectivity index (χ1n) is 50.1. The Kier molecular flexibility index (Phi) is 27.6. The minimum absolute atomic E-state index is 0.00686. The van der Waals surface area contributed by atoms with Crippen LogP contribution < -0.4 is 14.2 Å². The van der Waals surface area contributed by atoms with Gasteiger partial charge in [0.15, 0.2) is 0 Å². The molecular formula is C130H140N4O7S3. The Hall–Kier alpha value is -13.4. The first-order valence-corrected chi connectivity index (χ1v) is 53.1. The van der Waals surface area contributed by atoms with Gasteiger partial charge in [0.05, 0.1) is 93.1 Å². The number of thiophene rings is 2. The Bertz CT molecular complexity index is 8030. The van der Waals surface area contributed by atoms with Gasteiger partial charge in [0, 0.05) is 92.1 Å². The minimum atomic E-state index is -0.129. The standard InChI is InChI=1S/C41H51NOS.C39H49NO2S.C26H21NO2.C24H19NO2S/c1-38(2,3)25-41(10,11)28-21-32(31-15-13-14-16-36(31)44-12)37(43)35(24-28)42-33-22-26(39(4,5)6)17-19-29(33)30-20-18-27(23-34(30)42)40(7,8)9;1-36(2,3)23-39(10,11)26-19-29(30-21-43-22-34(30)42-12)35(41)33(20-26)40-31-15-13-24(37(4,5)6)17-27(31)28-18-25(38(7,8)9)14-16-32(28)40;1-17-15-21(20-11-5-8-14-25(20)29-2)26(28)24(16-17)27-22-12-6-3-9-18(22)19-10-4-7-13-23(19)27;1-15-13-18(24-22(27-2)11-12-28-24)23(26)21(14-15)25-19-9-5-3-7-16(19)17-8-4-6-10-20(17)25/h13-24,43H,25H2,1-12H3;13-22,41H,23H2,1-12H3;3-16,28H,1-2H3;3-14,26H,1-2H3. The highest BCUT2D eigenvalue weighted by molar-refractivity contribution is 7.98. The molecule has 0 bridgehead atoms. The number of fused-ring (bicyclic) bond motifs is 12. The van der Waals surface area contributed by atoms with Crippen molar-refractivity contribution in [2.75, 3.05) is 27.6 Å². The van der Waals surface area contributed by atoms with Crippen LogP contribution in [0.2, 0.25) is 0 Å². The van der Waals surface area contributed by atoms with Crippen molar-refractivity contribution in [3.63, 3.8) is 0 Å². The van der Waals surface area contributed by atoms with Crippen LogP contribution in [0.4, 0.5) is 0 Å². The zero-order valence-corrected chi connectivity index (χ0v) is 91.6. The summed E-state index contributed by atoms with van der Waals surface area (Å²) in [7, 11) is 5.01. The number of methoxy groups -OCH3 is 3. The predicted octanol–water partition coefficient (Wildman–Crippen LogP) is 36.7. The number of ether oxygens (including phenoxy) is 3. The van der Waals surface area contributed by atoms with Gasteiger partial charge in [-0.3, -0.25) is 0 Å². The molecule has 20 aromatic rings. The van der Waals surface area contributed by atoms with Crippen LogP contribution in [0.1, 0.15) is 210 Å². The molecule has 0 unspecified atom stereocenters. The fourth-order valence-corrected chi connectivity index (χ4v) is 24.0. The van der Waals surface area contributed by atoms with Crippen molar-refractivity contribution >= 4 is 122 Å². The fraction of sp³-hybridized carbons (Fsp3) is 0.292. The lowest BCUT2D eigenvalue weighted by Crippen LogP contribution is -2.25. The first kappa shape index (κ1) is 102. The lowest BCUT2D eigenvalue weighted by atomic mass is 9.71. The van der Waals surface area contributed by atoms with Crippen LogP contribution in [0.3, 0.4) is 0 Å². The molecular weight excluding hydrogens is 1830 g/mol. The molecule has 14 aromatic carbocycles. The summed E-state index contributed by atoms with van der Waals surface area (Å²) < 4.78 is 25.7. The molecule has 0 radical (unpaired) electrons. The predicted molar refractivity (Wildman–Crippen MR) is 617 cm³/mol. The fourth-order valence-electron chi connectivity index (χ4n) is 21.7. The third-order valence-electron chi connectivity index (χ3n) is 28.3. The Balaban J connectivity index is 0.000000134. The van der Waals surface area contributed by atoms with E-state index in [0.717, 1.165) is 157 Å². The third-order valence-corrected chi connectivity index (χ3v) is 30.7. The zero-order chi connectivity index (χ0) is 103. The number of phenols is 4. The minimum Gasteiger partial charge on any atom is -0.505 e. The van der Waals surface area contributed by atoms with E-state index in [1.165, 1.54) is 76.5 Å². The summed E-state index contributed by atoms with van der Waals surface area (Å²) >= 11 is 4.88. The molecule has 4 N–H and O–H groups in total. The van der Waals surface area contributed by atoms with E-state index in [4.69, 9.17) is 14.2 Å². The van der Waals surface area contributed by atoms with Gasteiger partial charge >= 0.3 is 0 Å². The SMILES string of the molecule is COc1ccccc1-c1cc(C)cc(-n2c3ccccc3c3ccccc32)c1O.COc1ccsc1-c1cc(C)cc(-n2c3ccccc3c3ccccc32)c1O.COc1cscc1-c1cc(C(C)(C)CC(C)(C)C)cc(-n2c3ccc(C(C)(C)C)cc3c3cc(C(C)(C)C)ccc32)c1O.CSc1ccccc1-c1cc(C(C)(C)CC(C)(C)C)cc(-n2c3cc(C(C)(C)C)ccc3c3ccc(C(C)(C)C)cc32)c1O. The van der Waals surface area contributed by atoms with Crippen molar-refractivity contribution in [3.8, 4) is 107 Å². The normalized spacial score (nSPS) is 12.5. The summed E-state index contributed by atoms with van der Waals surface area (Å²) in [4.78, 5) is 2.09. The van der Waals surface area contributed by atoms with Gasteiger partial charge in [-0.05, 0) is 259 Å². The van der Waals surface area contributed by atoms with Gasteiger partial charge < -0.3 is 52.9 Å². The molecule has 0 saturated heterocycles. The second-order valence-electron chi connectivity index (χ2n) is 46.8. The van der Waals surface area contributed by atoms with Crippen LogP contribution in [-0.2, 0) is 32.5 Å². The molecule has 0 fully saturated rings. The van der Waals surface area contributed by atoms with Gasteiger partial charge in [-0.25, -0.2) is 0 Å². The van der Waals surface area contributed by atoms with Crippen LogP contribution in [0.15, 0.2) is 294 Å². The van der Waals surface area contributed by atoms with Crippen LogP contribution in [0, 0.1) is 24.7 Å². The lowest BCUT2D eigenvalue weighted by molar-refractivity contribution is 0.283. The topological polar surface area (TPSA) is 128 Å². The summed E-state index contributed by atoms with van der Waals surface area (Å²) in [6.07, 6.45) is 4.13. The quantitative estimate of drug-likeness (QED) is 0.0705. The average Bonchev–Trinajstić information content (AvgIpc) is 1.56. The Morgan fingerprint density at radius 3 is 1.00 bits per heavy atom. The third kappa shape index (κ3) is 19.9. The average molecular weight is 1970 g/mol. The number of thioether (sulfide) groups is 1. The van der Waals surface area contributed by atoms with E-state index in [1.807, 2.05) is 89.6 Å². The molecule has 6 heterocycles. The summed E-state index contributed by atoms with van der Waals surface area (Å²) in [5.74, 6) is 3.39. The number of phenolic OH excluding ortho intramolecular Hbond substituents is 4. The van der Waals surface area contributed by atoms with Gasteiger partial charge in [0.25, 0.3) is 0 Å². The second kappa shape index (κ2) is 39.0. The molecule has 6 aromatic heterocycles. The molecule has 0 spiro atoms. The maximum Gasteiger partial charge on any atom is 0.148 e. The van der Waals surface area contributed by atoms with Gasteiger partial charge in [-0.15, -0.1) is 34.4 Å². The highest BCUT2D eigenvalue weighted by Crippen LogP contribution is 2.54. The summed E-state index contributed by atoms with van der Waals surface area (Å²) in [6.45, 7) is 54.5. The molecule has 740 valence electrons. The molecule has 0 aliphatic rings. The molecule has 0 aliphatic heterocycles. The molecule has 0 saturated carbocycles. The van der Waals surface area contributed by atoms with Crippen LogP contribution in [-0.4, -0.2) is 66.3 Å². The van der Waals surface area contributed by atoms with Crippen LogP contribution >= 0.6 is 34.4 Å². The number of aromatic nitrogens is 4. The van der Waals surface area contributed by atoms with Gasteiger partial charge in [-0.1, -0.05) is 298 Å². The molecule has 11 nitrogen and oxygen atoms in total. The lowest BCUT2D eigenvalue weighted by Gasteiger charge is -2.34. The van der Waals surface area contributed by atoms with Crippen molar-refractivity contribution in [1.29, 1.82) is 0 Å². The number of para-hydroxylation sites is 5. The van der Waals surface area contributed by atoms with Crippen LogP contribution in [0.5, 0.6) is 40.2 Å². The maximum absolute atomic E-state index is 12.4. The van der Waals surface area contributed by atoms with Gasteiger partial charge in [0.1, 0.15) is 40.2 Å². The van der Waals surface area contributed by atoms with E-state index in [9.17, 15) is 20.4 Å². The molecule has 20 rings (SSSR count). The Labute approximate surface area is 863 Å². The zero-order valence-electron chi connectivity index (χ0n) is 89.2. The number of benzene rings is 14. The number of rotatable bonds is 16. The monoisotopic (exact) mass is 1960 g/mol. The van der Waals surface area contributed by atoms with Gasteiger partial charge in [-0.2, -0.15) is 0 Å². The van der Waals surface area contributed by atoms with E-state index >= 15 is 0 Å². The largest absolute Gasteiger partial charge is 0.505 e. The van der Waals surface area contributed by atoms with Crippen molar-refractivity contribution < 1.29 is 34.6 Å². The highest BCUT2D eigenvalue weighted by atomic mass is 32.2. The molecule has 144 heavy (non-hydrogen) atoms. The molecule has 14 heteroatoms. The maximum atomic E-state index is 12.4. The number of aryl methyl sites for hydroxylation is 2. The smallest absolute Gasteiger partial charge is 0.148 e. The molecule has 0 atom stereocenters. The molecule has 0 aliphatic carbocycles. The van der Waals surface area contributed by atoms with Crippen molar-refractivity contribution in [3.05, 3.63) is 334 Å². The van der Waals surface area contributed by atoms with Gasteiger partial charge in [0.2, 0.25) is 0 Å². The number of aromatic hydroxyl groups is 4. The molecule has 0 amide bonds. The van der Waals surface area contributed by atoms with E-state index in [2.05, 4.69) is 390 Å². The number of hydrogen-bond donors (Lipinski definition) is 4. The number of nitrogens with zero attached hydrogens (tertiary/aromatic N) is 4. The van der Waals surface area contributed by atoms with E-state index in [-0.39, 0.29) is 60.6 Å². The second-order valence-corrected chi connectivity index (χ2v) is 49.3. The summed E-state index contributed by atoms with van der Waals surface area (Å²) in [5, 5.41) is 62.9. The number of hydrogen-bond acceptors (Lipinski definition) is 10.